The van der Waals surface area contributed by atoms with Crippen LogP contribution in [0.5, 0.6) is 5.88 Å². The second-order valence-electron chi connectivity index (χ2n) is 5.85. The van der Waals surface area contributed by atoms with Gasteiger partial charge >= 0.3 is 11.4 Å². The Morgan fingerprint density at radius 3 is 2.39 bits per heavy atom. The highest BCUT2D eigenvalue weighted by atomic mass is 79.9. The molecule has 0 radical (unpaired) electrons. The molecule has 0 fully saturated rings. The van der Waals surface area contributed by atoms with E-state index in [0.717, 1.165) is 10.8 Å². The van der Waals surface area contributed by atoms with Crippen LogP contribution >= 0.6 is 15.9 Å². The number of hydrogen-bond acceptors (Lipinski definition) is 5. The molecular formula is C18H12BrN5O4. The molecule has 9 nitrogen and oxygen atoms in total. The number of aromatic hydroxyl groups is 1. The molecule has 0 bridgehead atoms. The first-order valence-electron chi connectivity index (χ1n) is 8.03. The molecule has 0 atom stereocenters. The molecule has 0 saturated carbocycles. The van der Waals surface area contributed by atoms with Gasteiger partial charge in [-0.3, -0.25) is 14.8 Å². The van der Waals surface area contributed by atoms with Gasteiger partial charge in [0.25, 0.3) is 5.56 Å². The highest BCUT2D eigenvalue weighted by Crippen LogP contribution is 2.29. The normalized spacial score (nSPS) is 11.5. The summed E-state index contributed by atoms with van der Waals surface area (Å²) >= 11 is 3.35. The van der Waals surface area contributed by atoms with Crippen molar-refractivity contribution < 1.29 is 5.11 Å². The molecule has 0 aliphatic rings. The Kier molecular flexibility index (Phi) is 4.32. The van der Waals surface area contributed by atoms with Crippen LogP contribution in [-0.2, 0) is 0 Å². The first kappa shape index (κ1) is 17.7. The van der Waals surface area contributed by atoms with E-state index in [1.54, 1.807) is 42.5 Å². The molecule has 0 aliphatic carbocycles. The molecule has 0 saturated heterocycles. The van der Waals surface area contributed by atoms with Gasteiger partial charge in [-0.25, -0.2) is 14.2 Å². The predicted octanol–water partition coefficient (Wildman–Crippen LogP) is 1.91. The van der Waals surface area contributed by atoms with Gasteiger partial charge in [-0.2, -0.15) is 0 Å². The first-order valence-corrected chi connectivity index (χ1v) is 8.82. The molecule has 4 rings (SSSR count). The van der Waals surface area contributed by atoms with E-state index in [1.165, 1.54) is 0 Å². The van der Waals surface area contributed by atoms with E-state index < -0.39 is 17.1 Å². The lowest BCUT2D eigenvalue weighted by Gasteiger charge is -2.09. The molecule has 28 heavy (non-hydrogen) atoms. The topological polar surface area (TPSA) is 136 Å². The van der Waals surface area contributed by atoms with Crippen LogP contribution in [-0.4, -0.2) is 30.8 Å². The Balaban J connectivity index is 1.84. The molecule has 2 aromatic carbocycles. The van der Waals surface area contributed by atoms with Crippen molar-refractivity contribution in [3.05, 3.63) is 83.8 Å². The average Bonchev–Trinajstić information content (AvgIpc) is 3.01. The van der Waals surface area contributed by atoms with Crippen LogP contribution in [0.2, 0.25) is 0 Å². The van der Waals surface area contributed by atoms with E-state index in [2.05, 4.69) is 35.9 Å². The molecule has 10 heteroatoms. The van der Waals surface area contributed by atoms with Gasteiger partial charge in [-0.15, -0.1) is 0 Å². The lowest BCUT2D eigenvalue weighted by Crippen LogP contribution is -2.31. The zero-order valence-electron chi connectivity index (χ0n) is 14.1. The maximum atomic E-state index is 12.2. The number of benzene rings is 2. The fourth-order valence-corrected chi connectivity index (χ4v) is 3.19. The highest BCUT2D eigenvalue weighted by molar-refractivity contribution is 9.10. The Bertz CT molecular complexity index is 1400. The number of nitrogens with one attached hydrogen (secondary N) is 3. The largest absolute Gasteiger partial charge is 0.493 e. The van der Waals surface area contributed by atoms with E-state index in [0.29, 0.717) is 26.9 Å². The number of H-pyrrole nitrogens is 3. The Labute approximate surface area is 164 Å². The smallest absolute Gasteiger partial charge is 0.335 e. The van der Waals surface area contributed by atoms with Crippen LogP contribution in [0.4, 0.5) is 5.69 Å². The van der Waals surface area contributed by atoms with E-state index in [9.17, 15) is 19.5 Å². The minimum absolute atomic E-state index is 0.182. The second kappa shape index (κ2) is 6.82. The monoisotopic (exact) mass is 441 g/mol. The number of aromatic nitrogens is 4. The minimum atomic E-state index is -0.773. The van der Waals surface area contributed by atoms with Crippen LogP contribution in [0.15, 0.2) is 66.3 Å². The molecular weight excluding hydrogens is 430 g/mol. The van der Waals surface area contributed by atoms with Gasteiger partial charge in [0.15, 0.2) is 0 Å². The summed E-state index contributed by atoms with van der Waals surface area (Å²) in [5, 5.41) is 10.5. The van der Waals surface area contributed by atoms with Gasteiger partial charge in [-0.1, -0.05) is 18.2 Å². The van der Waals surface area contributed by atoms with Crippen LogP contribution in [0, 0.1) is 0 Å². The van der Waals surface area contributed by atoms with Crippen molar-refractivity contribution in [1.82, 2.24) is 19.5 Å². The standard InChI is InChI=1S/C18H12BrN5O4/c19-11-6-13-14(22-17(27)21-13)7-12(11)20-8-10-15(25)23-18(28)24(16(10)26)9-4-2-1-3-5-9/h1-8,26H,(H2,21,22,27)(H,23,25,28). The van der Waals surface area contributed by atoms with Gasteiger partial charge < -0.3 is 15.1 Å². The summed E-state index contributed by atoms with van der Waals surface area (Å²) in [5.74, 6) is -0.532. The van der Waals surface area contributed by atoms with Crippen molar-refractivity contribution in [3.63, 3.8) is 0 Å². The summed E-state index contributed by atoms with van der Waals surface area (Å²) in [4.78, 5) is 47.4. The van der Waals surface area contributed by atoms with Crippen LogP contribution in [0.1, 0.15) is 5.56 Å². The van der Waals surface area contributed by atoms with Crippen molar-refractivity contribution in [1.29, 1.82) is 0 Å². The number of rotatable bonds is 3. The maximum Gasteiger partial charge on any atom is 0.335 e. The zero-order chi connectivity index (χ0) is 19.8. The van der Waals surface area contributed by atoms with Gasteiger partial charge in [0.2, 0.25) is 5.88 Å². The van der Waals surface area contributed by atoms with E-state index in [-0.39, 0.29) is 11.3 Å². The lowest BCUT2D eigenvalue weighted by molar-refractivity contribution is 0.430. The van der Waals surface area contributed by atoms with Crippen LogP contribution in [0.25, 0.3) is 16.7 Å². The molecule has 0 unspecified atom stereocenters. The van der Waals surface area contributed by atoms with Gasteiger partial charge in [0.05, 0.1) is 22.4 Å². The summed E-state index contributed by atoms with van der Waals surface area (Å²) in [5.41, 5.74) is -0.140. The van der Waals surface area contributed by atoms with Crippen LogP contribution in [0.3, 0.4) is 0 Å². The van der Waals surface area contributed by atoms with E-state index >= 15 is 0 Å². The number of nitrogens with zero attached hydrogens (tertiary/aromatic N) is 2. The molecule has 0 amide bonds. The summed E-state index contributed by atoms with van der Waals surface area (Å²) in [6, 6.07) is 11.7. The number of imidazole rings is 1. The number of halogens is 1. The SMILES string of the molecule is O=c1[nH]c2cc(Br)c(N=Cc3c(O)n(-c4ccccc4)c(=O)[nH]c3=O)cc2[nH]1. The third-order valence-corrected chi connectivity index (χ3v) is 4.69. The average molecular weight is 442 g/mol. The number of hydrogen-bond donors (Lipinski definition) is 4. The first-order chi connectivity index (χ1) is 13.4. The Hall–Kier alpha value is -3.66. The molecule has 0 aliphatic heterocycles. The van der Waals surface area contributed by atoms with Crippen molar-refractivity contribution >= 4 is 38.9 Å². The maximum absolute atomic E-state index is 12.2. The van der Waals surface area contributed by atoms with Crippen LogP contribution < -0.4 is 16.9 Å². The lowest BCUT2D eigenvalue weighted by atomic mass is 10.2. The predicted molar refractivity (Wildman–Crippen MR) is 108 cm³/mol. The quantitative estimate of drug-likeness (QED) is 0.361. The number of aliphatic imine (C=N–C) groups is 1. The molecule has 4 aromatic rings. The van der Waals surface area contributed by atoms with E-state index in [1.807, 2.05) is 0 Å². The third kappa shape index (κ3) is 3.09. The fraction of sp³-hybridized carbons (Fsp3) is 0. The van der Waals surface area contributed by atoms with Gasteiger partial charge in [0, 0.05) is 10.7 Å². The number of aromatic amines is 3. The highest BCUT2D eigenvalue weighted by Gasteiger charge is 2.14. The van der Waals surface area contributed by atoms with Gasteiger partial charge in [-0.05, 0) is 40.2 Å². The number of para-hydroxylation sites is 1. The van der Waals surface area contributed by atoms with Crippen molar-refractivity contribution in [3.8, 4) is 11.6 Å². The molecule has 2 heterocycles. The minimum Gasteiger partial charge on any atom is -0.493 e. The molecule has 0 spiro atoms. The van der Waals surface area contributed by atoms with Crippen molar-refractivity contribution in [2.24, 2.45) is 4.99 Å². The van der Waals surface area contributed by atoms with E-state index in [4.69, 9.17) is 0 Å². The number of fused-ring (bicyclic) bond motifs is 1. The molecule has 4 N–H and O–H groups in total. The fourth-order valence-electron chi connectivity index (χ4n) is 2.75. The Morgan fingerprint density at radius 2 is 1.68 bits per heavy atom. The summed E-state index contributed by atoms with van der Waals surface area (Å²) in [7, 11) is 0. The molecule has 140 valence electrons. The molecule has 2 aromatic heterocycles. The van der Waals surface area contributed by atoms with Crippen molar-refractivity contribution in [2.45, 2.75) is 0 Å². The summed E-state index contributed by atoms with van der Waals surface area (Å²) in [6.07, 6.45) is 1.16. The second-order valence-corrected chi connectivity index (χ2v) is 6.71. The van der Waals surface area contributed by atoms with Gasteiger partial charge in [0.1, 0.15) is 5.56 Å². The van der Waals surface area contributed by atoms with Crippen molar-refractivity contribution in [2.75, 3.05) is 0 Å². The zero-order valence-corrected chi connectivity index (χ0v) is 15.6. The third-order valence-electron chi connectivity index (χ3n) is 4.05. The summed E-state index contributed by atoms with van der Waals surface area (Å²) in [6.45, 7) is 0. The summed E-state index contributed by atoms with van der Waals surface area (Å²) < 4.78 is 1.55. The Morgan fingerprint density at radius 1 is 1.00 bits per heavy atom.